The Hall–Kier alpha value is -4.24. The van der Waals surface area contributed by atoms with Gasteiger partial charge in [-0.1, -0.05) is 32.0 Å². The maximum atomic E-state index is 11.4. The molecule has 0 saturated carbocycles. The van der Waals surface area contributed by atoms with E-state index in [1.807, 2.05) is 25.1 Å². The number of rotatable bonds is 7. The lowest BCUT2D eigenvalue weighted by Gasteiger charge is -2.28. The van der Waals surface area contributed by atoms with Crippen LogP contribution in [0.15, 0.2) is 72.9 Å². The maximum absolute atomic E-state index is 11.4. The van der Waals surface area contributed by atoms with Crippen LogP contribution in [0.3, 0.4) is 0 Å². The topological polar surface area (TPSA) is 85.5 Å². The fourth-order valence-electron chi connectivity index (χ4n) is 5.39. The van der Waals surface area contributed by atoms with Crippen LogP contribution in [-0.4, -0.2) is 26.7 Å². The second-order valence-corrected chi connectivity index (χ2v) is 10.4. The van der Waals surface area contributed by atoms with E-state index in [1.54, 1.807) is 12.3 Å². The number of nitrogens with one attached hydrogen (secondary N) is 1. The summed E-state index contributed by atoms with van der Waals surface area (Å²) in [7, 11) is 1.52. The SMILES string of the molecule is COc1cc([N+](=O)[O-])ccc1-n1c(C)cc(C2C(c3ccccn3)NC(=S)N2c2ccc(C(C)C)cc2)c1C. The fourth-order valence-corrected chi connectivity index (χ4v) is 5.74. The van der Waals surface area contributed by atoms with E-state index in [0.29, 0.717) is 16.8 Å². The predicted molar refractivity (Wildman–Crippen MR) is 157 cm³/mol. The Kier molecular flexibility index (Phi) is 7.10. The number of nitro benzene ring substituents is 1. The van der Waals surface area contributed by atoms with Crippen molar-refractivity contribution in [2.75, 3.05) is 12.0 Å². The number of aromatic nitrogens is 2. The first-order chi connectivity index (χ1) is 18.7. The van der Waals surface area contributed by atoms with Crippen molar-refractivity contribution in [3.63, 3.8) is 0 Å². The summed E-state index contributed by atoms with van der Waals surface area (Å²) in [6.45, 7) is 8.44. The van der Waals surface area contributed by atoms with Crippen molar-refractivity contribution in [1.29, 1.82) is 0 Å². The van der Waals surface area contributed by atoms with Gasteiger partial charge in [0.05, 0.1) is 41.6 Å². The molecule has 200 valence electrons. The average Bonchev–Trinajstić information content (AvgIpc) is 3.43. The van der Waals surface area contributed by atoms with Crippen LogP contribution in [0, 0.1) is 24.0 Å². The summed E-state index contributed by atoms with van der Waals surface area (Å²) >= 11 is 5.91. The van der Waals surface area contributed by atoms with Gasteiger partial charge in [-0.15, -0.1) is 0 Å². The van der Waals surface area contributed by atoms with E-state index in [-0.39, 0.29) is 17.8 Å². The summed E-state index contributed by atoms with van der Waals surface area (Å²) in [5, 5.41) is 15.5. The number of non-ortho nitro benzene ring substituents is 1. The first-order valence-electron chi connectivity index (χ1n) is 12.8. The van der Waals surface area contributed by atoms with Gasteiger partial charge >= 0.3 is 0 Å². The molecule has 1 fully saturated rings. The van der Waals surface area contributed by atoms with E-state index < -0.39 is 4.92 Å². The smallest absolute Gasteiger partial charge is 0.273 e. The molecule has 5 rings (SSSR count). The monoisotopic (exact) mass is 541 g/mol. The molecule has 0 bridgehead atoms. The highest BCUT2D eigenvalue weighted by Crippen LogP contribution is 2.44. The van der Waals surface area contributed by atoms with E-state index >= 15 is 0 Å². The van der Waals surface area contributed by atoms with Crippen LogP contribution < -0.4 is 15.0 Å². The standard InChI is InChI=1S/C30H31N5O3S/c1-18(2)21-9-11-22(12-10-21)34-29(28(32-30(34)39)25-8-6-7-15-31-25)24-16-19(3)33(20(24)4)26-14-13-23(35(36)37)17-27(26)38-5/h6-18,28-29H,1-5H3,(H,32,39). The Labute approximate surface area is 233 Å². The Bertz CT molecular complexity index is 1530. The van der Waals surface area contributed by atoms with Crippen LogP contribution in [-0.2, 0) is 0 Å². The molecule has 9 heteroatoms. The van der Waals surface area contributed by atoms with Gasteiger partial charge in [-0.3, -0.25) is 15.1 Å². The third-order valence-corrected chi connectivity index (χ3v) is 7.65. The molecule has 3 heterocycles. The number of pyridine rings is 1. The Morgan fingerprint density at radius 1 is 1.08 bits per heavy atom. The second-order valence-electron chi connectivity index (χ2n) is 10.0. The first kappa shape index (κ1) is 26.4. The Morgan fingerprint density at radius 2 is 1.82 bits per heavy atom. The highest BCUT2D eigenvalue weighted by molar-refractivity contribution is 7.80. The van der Waals surface area contributed by atoms with Gasteiger partial charge in [-0.2, -0.15) is 0 Å². The van der Waals surface area contributed by atoms with E-state index in [9.17, 15) is 10.1 Å². The molecular weight excluding hydrogens is 510 g/mol. The molecule has 2 aromatic heterocycles. The largest absolute Gasteiger partial charge is 0.494 e. The summed E-state index contributed by atoms with van der Waals surface area (Å²) in [5.74, 6) is 0.857. The number of aryl methyl sites for hydroxylation is 1. The summed E-state index contributed by atoms with van der Waals surface area (Å²) in [6, 6.07) is 20.9. The molecule has 2 aromatic carbocycles. The van der Waals surface area contributed by atoms with Crippen molar-refractivity contribution in [2.24, 2.45) is 0 Å². The molecule has 39 heavy (non-hydrogen) atoms. The Balaban J connectivity index is 1.66. The highest BCUT2D eigenvalue weighted by atomic mass is 32.1. The van der Waals surface area contributed by atoms with Gasteiger partial charge in [0.15, 0.2) is 5.11 Å². The first-order valence-corrected chi connectivity index (χ1v) is 13.2. The van der Waals surface area contributed by atoms with Crippen LogP contribution in [0.5, 0.6) is 5.75 Å². The zero-order valence-corrected chi connectivity index (χ0v) is 23.4. The molecule has 0 radical (unpaired) electrons. The van der Waals surface area contributed by atoms with Crippen molar-refractivity contribution in [3.05, 3.63) is 111 Å². The lowest BCUT2D eigenvalue weighted by molar-refractivity contribution is -0.384. The van der Waals surface area contributed by atoms with E-state index in [1.165, 1.54) is 24.8 Å². The van der Waals surface area contributed by atoms with Gasteiger partial charge in [0.25, 0.3) is 5.69 Å². The summed E-state index contributed by atoms with van der Waals surface area (Å²) in [4.78, 5) is 17.8. The number of methoxy groups -OCH3 is 1. The molecule has 1 aliphatic heterocycles. The van der Waals surface area contributed by atoms with E-state index in [0.717, 1.165) is 34.0 Å². The lowest BCUT2D eigenvalue weighted by atomic mass is 9.96. The van der Waals surface area contributed by atoms with Crippen molar-refractivity contribution in [3.8, 4) is 11.4 Å². The molecule has 0 aliphatic carbocycles. The lowest BCUT2D eigenvalue weighted by Crippen LogP contribution is -2.29. The van der Waals surface area contributed by atoms with Crippen LogP contribution in [0.1, 0.15) is 60.1 Å². The molecule has 1 N–H and O–H groups in total. The zero-order chi connectivity index (χ0) is 27.8. The van der Waals surface area contributed by atoms with E-state index in [2.05, 4.69) is 70.9 Å². The second kappa shape index (κ2) is 10.5. The fraction of sp³-hybridized carbons (Fsp3) is 0.267. The number of nitro groups is 1. The summed E-state index contributed by atoms with van der Waals surface area (Å²) in [6.07, 6.45) is 1.79. The minimum absolute atomic E-state index is 0.0186. The molecular formula is C30H31N5O3S. The van der Waals surface area contributed by atoms with Gasteiger partial charge in [-0.05, 0) is 79.5 Å². The zero-order valence-electron chi connectivity index (χ0n) is 22.6. The normalized spacial score (nSPS) is 17.0. The third kappa shape index (κ3) is 4.74. The molecule has 2 atom stereocenters. The predicted octanol–water partition coefficient (Wildman–Crippen LogP) is 6.71. The molecule has 8 nitrogen and oxygen atoms in total. The maximum Gasteiger partial charge on any atom is 0.273 e. The highest BCUT2D eigenvalue weighted by Gasteiger charge is 2.42. The Morgan fingerprint density at radius 3 is 2.44 bits per heavy atom. The van der Waals surface area contributed by atoms with Crippen molar-refractivity contribution in [2.45, 2.75) is 45.7 Å². The summed E-state index contributed by atoms with van der Waals surface area (Å²) in [5.41, 5.74) is 6.90. The number of benzene rings is 2. The molecule has 4 aromatic rings. The number of thiocarbonyl (C=S) groups is 1. The van der Waals surface area contributed by atoms with Crippen LogP contribution >= 0.6 is 12.2 Å². The number of hydrogen-bond acceptors (Lipinski definition) is 5. The number of anilines is 1. The van der Waals surface area contributed by atoms with Crippen LogP contribution in [0.2, 0.25) is 0 Å². The molecule has 0 spiro atoms. The van der Waals surface area contributed by atoms with Gasteiger partial charge in [0, 0.05) is 29.3 Å². The molecule has 2 unspecified atom stereocenters. The van der Waals surface area contributed by atoms with Crippen LogP contribution in [0.25, 0.3) is 5.69 Å². The minimum Gasteiger partial charge on any atom is -0.494 e. The van der Waals surface area contributed by atoms with Crippen molar-refractivity contribution < 1.29 is 9.66 Å². The number of hydrogen-bond donors (Lipinski definition) is 1. The van der Waals surface area contributed by atoms with Gasteiger partial charge in [-0.25, -0.2) is 0 Å². The summed E-state index contributed by atoms with van der Waals surface area (Å²) < 4.78 is 7.66. The number of ether oxygens (including phenoxy) is 1. The van der Waals surface area contributed by atoms with E-state index in [4.69, 9.17) is 17.0 Å². The van der Waals surface area contributed by atoms with Crippen molar-refractivity contribution in [1.82, 2.24) is 14.9 Å². The van der Waals surface area contributed by atoms with Crippen molar-refractivity contribution >= 4 is 28.7 Å². The minimum atomic E-state index is -0.419. The van der Waals surface area contributed by atoms with Gasteiger partial charge in [0.1, 0.15) is 5.75 Å². The quantitative estimate of drug-likeness (QED) is 0.158. The number of nitrogens with zero attached hydrogens (tertiary/aromatic N) is 4. The molecule has 0 amide bonds. The molecule has 1 aliphatic rings. The van der Waals surface area contributed by atoms with Crippen LogP contribution in [0.4, 0.5) is 11.4 Å². The van der Waals surface area contributed by atoms with Gasteiger partial charge in [0.2, 0.25) is 0 Å². The average molecular weight is 542 g/mol. The third-order valence-electron chi connectivity index (χ3n) is 7.34. The van der Waals surface area contributed by atoms with Gasteiger partial charge < -0.3 is 19.5 Å². The molecule has 1 saturated heterocycles.